The van der Waals surface area contributed by atoms with Crippen molar-refractivity contribution in [3.63, 3.8) is 0 Å². The van der Waals surface area contributed by atoms with Gasteiger partial charge in [0.25, 0.3) is 11.4 Å². The van der Waals surface area contributed by atoms with Crippen LogP contribution in [0.15, 0.2) is 33.6 Å². The highest BCUT2D eigenvalue weighted by atomic mass is 16.5. The fourth-order valence-corrected chi connectivity index (χ4v) is 4.04. The summed E-state index contributed by atoms with van der Waals surface area (Å²) in [6.07, 6.45) is 0. The van der Waals surface area contributed by atoms with Gasteiger partial charge in [0.2, 0.25) is 5.52 Å². The van der Waals surface area contributed by atoms with Crippen LogP contribution in [0.4, 0.5) is 11.5 Å². The molecule has 150 valence electrons. The molecule has 1 aliphatic rings. The molecule has 4 heterocycles. The minimum absolute atomic E-state index is 0.0785. The van der Waals surface area contributed by atoms with Crippen LogP contribution >= 0.6 is 0 Å². The molecule has 3 aromatic heterocycles. The maximum atomic E-state index is 12.6. The molecular weight excluding hydrogens is 368 g/mol. The van der Waals surface area contributed by atoms with Gasteiger partial charge >= 0.3 is 0 Å². The van der Waals surface area contributed by atoms with Gasteiger partial charge in [-0.1, -0.05) is 11.7 Å². The average molecular weight is 392 g/mol. The van der Waals surface area contributed by atoms with Gasteiger partial charge < -0.3 is 18.8 Å². The second-order valence-electron chi connectivity index (χ2n) is 7.78. The largest absolute Gasteiger partial charge is 0.362 e. The summed E-state index contributed by atoms with van der Waals surface area (Å²) in [6.45, 7) is 15.8. The van der Waals surface area contributed by atoms with Crippen LogP contribution in [0.1, 0.15) is 25.3 Å². The van der Waals surface area contributed by atoms with Gasteiger partial charge in [-0.3, -0.25) is 9.69 Å². The number of nitrogens with zero attached hydrogens (tertiary/aromatic N) is 6. The first-order chi connectivity index (χ1) is 13.9. The highest BCUT2D eigenvalue weighted by Gasteiger charge is 2.32. The van der Waals surface area contributed by atoms with E-state index in [1.165, 1.54) is 0 Å². The molecule has 0 amide bonds. The van der Waals surface area contributed by atoms with E-state index in [2.05, 4.69) is 38.6 Å². The number of hydrogen-bond acceptors (Lipinski definition) is 6. The van der Waals surface area contributed by atoms with E-state index in [1.54, 1.807) is 29.8 Å². The predicted molar refractivity (Wildman–Crippen MR) is 111 cm³/mol. The van der Waals surface area contributed by atoms with Gasteiger partial charge in [-0.05, 0) is 32.9 Å². The Hall–Kier alpha value is -3.18. The minimum Gasteiger partial charge on any atom is -0.362 e. The van der Waals surface area contributed by atoms with Crippen molar-refractivity contribution in [2.24, 2.45) is 7.05 Å². The molecule has 29 heavy (non-hydrogen) atoms. The molecule has 4 rings (SSSR count). The first-order valence-electron chi connectivity index (χ1n) is 9.68. The third-order valence-corrected chi connectivity index (χ3v) is 5.63. The third kappa shape index (κ3) is 3.49. The van der Waals surface area contributed by atoms with Crippen LogP contribution in [-0.2, 0) is 13.6 Å². The van der Waals surface area contributed by atoms with E-state index < -0.39 is 0 Å². The van der Waals surface area contributed by atoms with Gasteiger partial charge in [0, 0.05) is 50.9 Å². The van der Waals surface area contributed by atoms with E-state index in [9.17, 15) is 4.79 Å². The Labute approximate surface area is 169 Å². The molecule has 0 spiro atoms. The van der Waals surface area contributed by atoms with Crippen LogP contribution in [0, 0.1) is 13.5 Å². The zero-order valence-corrected chi connectivity index (χ0v) is 17.1. The number of piperazine rings is 1. The lowest BCUT2D eigenvalue weighted by Gasteiger charge is -2.44. The van der Waals surface area contributed by atoms with E-state index in [4.69, 9.17) is 11.1 Å². The Morgan fingerprint density at radius 2 is 2.03 bits per heavy atom. The molecular formula is C21H24N6O2. The summed E-state index contributed by atoms with van der Waals surface area (Å²) in [5.74, 6) is 1.14. The van der Waals surface area contributed by atoms with Crippen LogP contribution < -0.4 is 10.5 Å². The van der Waals surface area contributed by atoms with Crippen molar-refractivity contribution in [3.05, 3.63) is 57.5 Å². The van der Waals surface area contributed by atoms with Crippen LogP contribution in [-0.4, -0.2) is 44.8 Å². The summed E-state index contributed by atoms with van der Waals surface area (Å²) in [7, 11) is 1.73. The Morgan fingerprint density at radius 1 is 1.24 bits per heavy atom. The lowest BCUT2D eigenvalue weighted by Crippen LogP contribution is -2.56. The molecule has 0 aliphatic carbocycles. The van der Waals surface area contributed by atoms with Crippen LogP contribution in [0.5, 0.6) is 0 Å². The first-order valence-corrected chi connectivity index (χ1v) is 9.68. The molecule has 0 bridgehead atoms. The number of anilines is 1. The number of fused-ring (bicyclic) bond motifs is 1. The van der Waals surface area contributed by atoms with Crippen molar-refractivity contribution >= 4 is 22.5 Å². The Bertz CT molecular complexity index is 1160. The lowest BCUT2D eigenvalue weighted by molar-refractivity contribution is 0.154. The molecule has 0 radical (unpaired) electrons. The molecule has 0 unspecified atom stereocenters. The highest BCUT2D eigenvalue weighted by molar-refractivity contribution is 5.89. The number of aryl methyl sites for hydroxylation is 2. The fraction of sp³-hybridized carbons (Fsp3) is 0.429. The molecule has 1 fully saturated rings. The highest BCUT2D eigenvalue weighted by Crippen LogP contribution is 2.30. The summed E-state index contributed by atoms with van der Waals surface area (Å²) in [4.78, 5) is 25.2. The minimum atomic E-state index is -0.0785. The summed E-state index contributed by atoms with van der Waals surface area (Å²) in [5.41, 5.74) is 3.08. The van der Waals surface area contributed by atoms with Gasteiger partial charge in [0.1, 0.15) is 5.76 Å². The quantitative estimate of drug-likeness (QED) is 0.639. The smallest absolute Gasteiger partial charge is 0.270 e. The first kappa shape index (κ1) is 19.2. The summed E-state index contributed by atoms with van der Waals surface area (Å²) in [5, 5.41) is 4.12. The van der Waals surface area contributed by atoms with Gasteiger partial charge in [0.15, 0.2) is 0 Å². The zero-order chi connectivity index (χ0) is 20.7. The van der Waals surface area contributed by atoms with E-state index >= 15 is 0 Å². The van der Waals surface area contributed by atoms with Crippen LogP contribution in [0.2, 0.25) is 0 Å². The van der Waals surface area contributed by atoms with Crippen molar-refractivity contribution in [1.29, 1.82) is 0 Å². The van der Waals surface area contributed by atoms with Gasteiger partial charge in [-0.15, -0.1) is 4.98 Å². The zero-order valence-electron chi connectivity index (χ0n) is 17.1. The summed E-state index contributed by atoms with van der Waals surface area (Å²) < 4.78 is 6.78. The molecule has 1 aliphatic heterocycles. The maximum absolute atomic E-state index is 12.6. The topological polar surface area (TPSA) is 71.8 Å². The average Bonchev–Trinajstić information content (AvgIpc) is 3.11. The van der Waals surface area contributed by atoms with E-state index in [-0.39, 0.29) is 17.6 Å². The third-order valence-electron chi connectivity index (χ3n) is 5.63. The standard InChI is InChI=1S/C21H24N6O2/c1-13-11-27(14(2)10-26(13)12-16-8-15(3)29-24-16)18-9-20(28)25(5)17-6-7-19(22-4)23-21(17)18/h6-9,13-14H,10-12H2,1-3,5H3/t13-,14+/m1/s1. The number of pyridine rings is 2. The molecule has 0 aromatic carbocycles. The Kier molecular flexibility index (Phi) is 4.84. The van der Waals surface area contributed by atoms with E-state index in [1.807, 2.05) is 13.0 Å². The molecule has 8 nitrogen and oxygen atoms in total. The molecule has 0 saturated carbocycles. The normalized spacial score (nSPS) is 20.2. The molecule has 3 aromatic rings. The summed E-state index contributed by atoms with van der Waals surface area (Å²) >= 11 is 0. The Morgan fingerprint density at radius 3 is 2.72 bits per heavy atom. The monoisotopic (exact) mass is 392 g/mol. The number of aromatic nitrogens is 3. The van der Waals surface area contributed by atoms with Crippen LogP contribution in [0.25, 0.3) is 15.9 Å². The molecule has 1 saturated heterocycles. The predicted octanol–water partition coefficient (Wildman–Crippen LogP) is 2.88. The van der Waals surface area contributed by atoms with E-state index in [0.717, 1.165) is 42.3 Å². The lowest BCUT2D eigenvalue weighted by atomic mass is 10.1. The molecule has 2 atom stereocenters. The van der Waals surface area contributed by atoms with Crippen molar-refractivity contribution in [1.82, 2.24) is 19.6 Å². The number of hydrogen-bond donors (Lipinski definition) is 0. The van der Waals surface area contributed by atoms with Crippen LogP contribution in [0.3, 0.4) is 0 Å². The molecule has 8 heteroatoms. The fourth-order valence-electron chi connectivity index (χ4n) is 4.04. The second-order valence-corrected chi connectivity index (χ2v) is 7.78. The van der Waals surface area contributed by atoms with Crippen molar-refractivity contribution in [3.8, 4) is 0 Å². The van der Waals surface area contributed by atoms with Crippen molar-refractivity contribution < 1.29 is 4.52 Å². The SMILES string of the molecule is [C-]#[N+]c1ccc2c(n1)c(N1C[C@@H](C)N(Cc3cc(C)on3)C[C@@H]1C)cc(=O)n2C. The van der Waals surface area contributed by atoms with Crippen molar-refractivity contribution in [2.75, 3.05) is 18.0 Å². The molecule has 0 N–H and O–H groups in total. The van der Waals surface area contributed by atoms with Gasteiger partial charge in [-0.25, -0.2) is 0 Å². The van der Waals surface area contributed by atoms with Gasteiger partial charge in [0.05, 0.1) is 16.9 Å². The van der Waals surface area contributed by atoms with Gasteiger partial charge in [-0.2, -0.15) is 0 Å². The number of rotatable bonds is 3. The summed E-state index contributed by atoms with van der Waals surface area (Å²) in [6, 6.07) is 7.50. The second kappa shape index (κ2) is 7.33. The van der Waals surface area contributed by atoms with Crippen molar-refractivity contribution in [2.45, 2.75) is 39.4 Å². The van der Waals surface area contributed by atoms with E-state index in [0.29, 0.717) is 11.3 Å². The Balaban J connectivity index is 1.69. The maximum Gasteiger partial charge on any atom is 0.270 e.